The van der Waals surface area contributed by atoms with Gasteiger partial charge in [0.2, 0.25) is 5.91 Å². The lowest BCUT2D eigenvalue weighted by molar-refractivity contribution is -0.141. The second-order valence-corrected chi connectivity index (χ2v) is 6.29. The molecule has 0 aliphatic heterocycles. The summed E-state index contributed by atoms with van der Waals surface area (Å²) in [4.78, 5) is 39.1. The van der Waals surface area contributed by atoms with E-state index >= 15 is 0 Å². The van der Waals surface area contributed by atoms with E-state index in [1.807, 2.05) is 0 Å². The fourth-order valence-corrected chi connectivity index (χ4v) is 2.84. The van der Waals surface area contributed by atoms with Gasteiger partial charge in [-0.05, 0) is 24.2 Å². The van der Waals surface area contributed by atoms with E-state index in [0.717, 1.165) is 10.6 Å². The second-order valence-electron chi connectivity index (χ2n) is 5.35. The maximum absolute atomic E-state index is 12.2. The van der Waals surface area contributed by atoms with Gasteiger partial charge in [-0.25, -0.2) is 4.98 Å². The van der Waals surface area contributed by atoms with Crippen molar-refractivity contribution in [3.63, 3.8) is 0 Å². The Hall–Kier alpha value is -2.49. The summed E-state index contributed by atoms with van der Waals surface area (Å²) in [6, 6.07) is 6.87. The number of hydrogen-bond acceptors (Lipinski definition) is 7. The van der Waals surface area contributed by atoms with E-state index in [1.165, 1.54) is 18.4 Å². The molecule has 10 heteroatoms. The van der Waals surface area contributed by atoms with Crippen molar-refractivity contribution in [2.45, 2.75) is 12.8 Å². The van der Waals surface area contributed by atoms with Gasteiger partial charge in [0, 0.05) is 17.5 Å². The van der Waals surface area contributed by atoms with Gasteiger partial charge in [-0.3, -0.25) is 14.4 Å². The molecule has 0 fully saturated rings. The number of thiazole rings is 1. The number of ether oxygens (including phenoxy) is 1. The van der Waals surface area contributed by atoms with Gasteiger partial charge < -0.3 is 21.1 Å². The van der Waals surface area contributed by atoms with Crippen LogP contribution in [0.5, 0.6) is 0 Å². The van der Waals surface area contributed by atoms with Gasteiger partial charge in [0.25, 0.3) is 5.91 Å². The predicted molar refractivity (Wildman–Crippen MR) is 105 cm³/mol. The summed E-state index contributed by atoms with van der Waals surface area (Å²) in [6.07, 6.45) is 0.768. The summed E-state index contributed by atoms with van der Waals surface area (Å²) < 4.78 is 4.45. The Kier molecular flexibility index (Phi) is 9.41. The summed E-state index contributed by atoms with van der Waals surface area (Å²) in [5.74, 6) is -1.09. The van der Waals surface area contributed by atoms with E-state index in [0.29, 0.717) is 24.3 Å². The van der Waals surface area contributed by atoms with Gasteiger partial charge in [0.05, 0.1) is 18.5 Å². The first-order valence-electron chi connectivity index (χ1n) is 7.90. The Bertz CT molecular complexity index is 779. The van der Waals surface area contributed by atoms with Crippen LogP contribution in [0.2, 0.25) is 0 Å². The predicted octanol–water partition coefficient (Wildman–Crippen LogP) is 1.15. The molecule has 2 amide bonds. The summed E-state index contributed by atoms with van der Waals surface area (Å²) >= 11 is 1.40. The van der Waals surface area contributed by atoms with Crippen molar-refractivity contribution >= 4 is 47.2 Å². The highest BCUT2D eigenvalue weighted by atomic mass is 35.5. The number of esters is 1. The summed E-state index contributed by atoms with van der Waals surface area (Å²) in [6.45, 7) is 0.326. The van der Waals surface area contributed by atoms with E-state index in [2.05, 4.69) is 20.4 Å². The SMILES string of the molecule is COC(=O)CNC(=O)Cc1ccc(NC(=O)c2csc(CCN)n2)cc1.Cl. The Morgan fingerprint density at radius 3 is 2.56 bits per heavy atom. The number of benzene rings is 1. The molecule has 0 aliphatic rings. The molecule has 27 heavy (non-hydrogen) atoms. The molecule has 0 spiro atoms. The van der Waals surface area contributed by atoms with Gasteiger partial charge in [-0.15, -0.1) is 23.7 Å². The van der Waals surface area contributed by atoms with Gasteiger partial charge >= 0.3 is 5.97 Å². The highest BCUT2D eigenvalue weighted by Gasteiger charge is 2.11. The molecule has 0 saturated carbocycles. The minimum atomic E-state index is -0.506. The number of hydrogen-bond donors (Lipinski definition) is 3. The molecule has 2 rings (SSSR count). The van der Waals surface area contributed by atoms with Crippen LogP contribution in [0.1, 0.15) is 21.1 Å². The molecule has 0 saturated heterocycles. The maximum atomic E-state index is 12.2. The normalized spacial score (nSPS) is 9.85. The molecule has 146 valence electrons. The molecule has 0 unspecified atom stereocenters. The molecule has 2 aromatic rings. The van der Waals surface area contributed by atoms with Crippen molar-refractivity contribution in [1.29, 1.82) is 0 Å². The minimum Gasteiger partial charge on any atom is -0.468 e. The molecule has 8 nitrogen and oxygen atoms in total. The van der Waals surface area contributed by atoms with Crippen molar-refractivity contribution in [2.24, 2.45) is 5.73 Å². The third-order valence-electron chi connectivity index (χ3n) is 3.38. The summed E-state index contributed by atoms with van der Waals surface area (Å²) in [5.41, 5.74) is 7.18. The Balaban J connectivity index is 0.00000364. The zero-order valence-corrected chi connectivity index (χ0v) is 16.3. The quantitative estimate of drug-likeness (QED) is 0.559. The number of halogens is 1. The lowest BCUT2D eigenvalue weighted by Crippen LogP contribution is -2.31. The van der Waals surface area contributed by atoms with Crippen LogP contribution in [0.15, 0.2) is 29.6 Å². The van der Waals surface area contributed by atoms with Crippen LogP contribution in [0, 0.1) is 0 Å². The van der Waals surface area contributed by atoms with Crippen LogP contribution >= 0.6 is 23.7 Å². The average molecular weight is 413 g/mol. The molecule has 4 N–H and O–H groups in total. The number of carbonyl (C=O) groups excluding carboxylic acids is 3. The highest BCUT2D eigenvalue weighted by Crippen LogP contribution is 2.14. The number of anilines is 1. The molecular weight excluding hydrogens is 392 g/mol. The van der Waals surface area contributed by atoms with Gasteiger partial charge in [0.1, 0.15) is 12.2 Å². The number of nitrogens with zero attached hydrogens (tertiary/aromatic N) is 1. The van der Waals surface area contributed by atoms with Crippen LogP contribution in [-0.4, -0.2) is 43.0 Å². The lowest BCUT2D eigenvalue weighted by atomic mass is 10.1. The fourth-order valence-electron chi connectivity index (χ4n) is 2.05. The molecule has 0 aliphatic carbocycles. The Labute approximate surface area is 166 Å². The first-order chi connectivity index (χ1) is 12.5. The van der Waals surface area contributed by atoms with Gasteiger partial charge in [-0.1, -0.05) is 12.1 Å². The zero-order valence-electron chi connectivity index (χ0n) is 14.7. The smallest absolute Gasteiger partial charge is 0.325 e. The van der Waals surface area contributed by atoms with Crippen molar-refractivity contribution in [1.82, 2.24) is 10.3 Å². The van der Waals surface area contributed by atoms with Crippen molar-refractivity contribution in [2.75, 3.05) is 25.5 Å². The number of rotatable bonds is 8. The molecule has 1 heterocycles. The van der Waals surface area contributed by atoms with E-state index < -0.39 is 5.97 Å². The number of methoxy groups -OCH3 is 1. The van der Waals surface area contributed by atoms with Crippen LogP contribution < -0.4 is 16.4 Å². The molecule has 0 bridgehead atoms. The van der Waals surface area contributed by atoms with E-state index in [1.54, 1.807) is 29.6 Å². The number of nitrogens with two attached hydrogens (primary N) is 1. The fraction of sp³-hybridized carbons (Fsp3) is 0.294. The Morgan fingerprint density at radius 1 is 1.22 bits per heavy atom. The minimum absolute atomic E-state index is 0. The molecular formula is C17H21ClN4O4S. The highest BCUT2D eigenvalue weighted by molar-refractivity contribution is 7.09. The zero-order chi connectivity index (χ0) is 18.9. The molecule has 1 aromatic carbocycles. The van der Waals surface area contributed by atoms with Crippen LogP contribution in [0.25, 0.3) is 0 Å². The van der Waals surface area contributed by atoms with Gasteiger partial charge in [0.15, 0.2) is 0 Å². The van der Waals surface area contributed by atoms with Gasteiger partial charge in [-0.2, -0.15) is 0 Å². The number of carbonyl (C=O) groups is 3. The largest absolute Gasteiger partial charge is 0.468 e. The third kappa shape index (κ3) is 7.33. The van der Waals surface area contributed by atoms with E-state index in [-0.39, 0.29) is 37.2 Å². The monoisotopic (exact) mass is 412 g/mol. The summed E-state index contributed by atoms with van der Waals surface area (Å²) in [7, 11) is 1.26. The van der Waals surface area contributed by atoms with Crippen LogP contribution in [-0.2, 0) is 27.2 Å². The number of nitrogens with one attached hydrogen (secondary N) is 2. The first-order valence-corrected chi connectivity index (χ1v) is 8.78. The van der Waals surface area contributed by atoms with Crippen molar-refractivity contribution in [3.05, 3.63) is 45.9 Å². The average Bonchev–Trinajstić information content (AvgIpc) is 3.10. The second kappa shape index (κ2) is 11.3. The standard InChI is InChI=1S/C17H20N4O4S.ClH/c1-25-16(23)9-19-14(22)8-11-2-4-12(5-3-11)20-17(24)13-10-26-15(21-13)6-7-18;/h2-5,10H,6-9,18H2,1H3,(H,19,22)(H,20,24);1H. The Morgan fingerprint density at radius 2 is 1.93 bits per heavy atom. The molecule has 0 atom stereocenters. The maximum Gasteiger partial charge on any atom is 0.325 e. The molecule has 0 radical (unpaired) electrons. The van der Waals surface area contributed by atoms with E-state index in [4.69, 9.17) is 5.73 Å². The number of aromatic nitrogens is 1. The summed E-state index contributed by atoms with van der Waals surface area (Å²) in [5, 5.41) is 7.74. The van der Waals surface area contributed by atoms with Crippen molar-refractivity contribution in [3.8, 4) is 0 Å². The topological polar surface area (TPSA) is 123 Å². The molecule has 1 aromatic heterocycles. The number of amides is 2. The first kappa shape index (κ1) is 22.6. The van der Waals surface area contributed by atoms with Crippen LogP contribution in [0.4, 0.5) is 5.69 Å². The van der Waals surface area contributed by atoms with Crippen molar-refractivity contribution < 1.29 is 19.1 Å². The third-order valence-corrected chi connectivity index (χ3v) is 4.29. The lowest BCUT2D eigenvalue weighted by Gasteiger charge is -2.06. The van der Waals surface area contributed by atoms with E-state index in [9.17, 15) is 14.4 Å². The van der Waals surface area contributed by atoms with Crippen LogP contribution in [0.3, 0.4) is 0 Å².